The summed E-state index contributed by atoms with van der Waals surface area (Å²) in [6.07, 6.45) is 82.0. The molecule has 0 aliphatic carbocycles. The van der Waals surface area contributed by atoms with E-state index in [-0.39, 0.29) is 18.5 Å². The van der Waals surface area contributed by atoms with E-state index in [2.05, 4.69) is 43.5 Å². The summed E-state index contributed by atoms with van der Waals surface area (Å²) in [5, 5.41) is 23.2. The normalized spacial score (nSPS) is 12.7. The Morgan fingerprint density at radius 2 is 0.627 bits per heavy atom. The third-order valence-electron chi connectivity index (χ3n) is 15.6. The van der Waals surface area contributed by atoms with Crippen LogP contribution in [0.4, 0.5) is 0 Å². The van der Waals surface area contributed by atoms with Crippen LogP contribution < -0.4 is 5.32 Å². The minimum absolute atomic E-state index is 0.00306. The highest BCUT2D eigenvalue weighted by molar-refractivity contribution is 5.76. The third kappa shape index (κ3) is 61.2. The number of hydrogen-bond donors (Lipinski definition) is 3. The Balaban J connectivity index is 3.44. The zero-order valence-corrected chi connectivity index (χ0v) is 50.5. The molecule has 442 valence electrons. The van der Waals surface area contributed by atoms with E-state index in [0.29, 0.717) is 19.4 Å². The fourth-order valence-corrected chi connectivity index (χ4v) is 10.4. The second-order valence-electron chi connectivity index (χ2n) is 23.1. The van der Waals surface area contributed by atoms with Gasteiger partial charge in [0.15, 0.2) is 0 Å². The zero-order valence-electron chi connectivity index (χ0n) is 50.5. The molecule has 75 heavy (non-hydrogen) atoms. The van der Waals surface area contributed by atoms with Crippen molar-refractivity contribution in [2.24, 2.45) is 0 Å². The van der Waals surface area contributed by atoms with Gasteiger partial charge in [-0.25, -0.2) is 0 Å². The zero-order chi connectivity index (χ0) is 54.3. The first-order valence-electron chi connectivity index (χ1n) is 33.8. The van der Waals surface area contributed by atoms with Crippen LogP contribution in [0.1, 0.15) is 367 Å². The molecule has 0 radical (unpaired) electrons. The van der Waals surface area contributed by atoms with Crippen LogP contribution in [-0.4, -0.2) is 47.4 Å². The summed E-state index contributed by atoms with van der Waals surface area (Å²) in [4.78, 5) is 24.5. The molecule has 1 amide bonds. The number of carbonyl (C=O) groups is 2. The van der Waals surface area contributed by atoms with Crippen LogP contribution in [0.3, 0.4) is 0 Å². The molecule has 0 aromatic carbocycles. The highest BCUT2D eigenvalue weighted by atomic mass is 16.5. The number of esters is 1. The molecule has 0 saturated carbocycles. The average molecular weight is 1050 g/mol. The largest absolute Gasteiger partial charge is 0.466 e. The number of nitrogens with one attached hydrogen (secondary N) is 1. The van der Waals surface area contributed by atoms with Crippen molar-refractivity contribution in [1.82, 2.24) is 5.32 Å². The lowest BCUT2D eigenvalue weighted by molar-refractivity contribution is -0.143. The molecule has 0 spiro atoms. The molecule has 0 saturated heterocycles. The van der Waals surface area contributed by atoms with E-state index in [9.17, 15) is 19.8 Å². The number of aliphatic hydroxyl groups is 2. The fourth-order valence-electron chi connectivity index (χ4n) is 10.4. The molecule has 0 aromatic rings. The van der Waals surface area contributed by atoms with Gasteiger partial charge in [-0.05, 0) is 83.5 Å². The lowest BCUT2D eigenvalue weighted by atomic mass is 10.0. The van der Waals surface area contributed by atoms with Gasteiger partial charge in [0.05, 0.1) is 25.4 Å². The van der Waals surface area contributed by atoms with Gasteiger partial charge >= 0.3 is 5.97 Å². The molecule has 2 unspecified atom stereocenters. The molecule has 0 heterocycles. The van der Waals surface area contributed by atoms with E-state index in [1.165, 1.54) is 295 Å². The predicted molar refractivity (Wildman–Crippen MR) is 329 cm³/mol. The van der Waals surface area contributed by atoms with Crippen LogP contribution in [0.25, 0.3) is 0 Å². The van der Waals surface area contributed by atoms with Crippen LogP contribution in [0, 0.1) is 0 Å². The van der Waals surface area contributed by atoms with Gasteiger partial charge in [0.2, 0.25) is 5.91 Å². The summed E-state index contributed by atoms with van der Waals surface area (Å²) >= 11 is 0. The molecule has 6 nitrogen and oxygen atoms in total. The minimum Gasteiger partial charge on any atom is -0.466 e. The van der Waals surface area contributed by atoms with Gasteiger partial charge in [-0.3, -0.25) is 9.59 Å². The van der Waals surface area contributed by atoms with Crippen LogP contribution >= 0.6 is 0 Å². The maximum atomic E-state index is 12.5. The molecule has 2 atom stereocenters. The molecule has 0 fully saturated rings. The Morgan fingerprint density at radius 3 is 0.960 bits per heavy atom. The van der Waals surface area contributed by atoms with E-state index in [1.807, 2.05) is 6.08 Å². The lowest BCUT2D eigenvalue weighted by Gasteiger charge is -2.20. The molecule has 3 N–H and O–H groups in total. The predicted octanol–water partition coefficient (Wildman–Crippen LogP) is 21.5. The Kier molecular flexibility index (Phi) is 63.0. The van der Waals surface area contributed by atoms with Crippen molar-refractivity contribution in [1.29, 1.82) is 0 Å². The molecular formula is C69H131NO5. The van der Waals surface area contributed by atoms with Crippen LogP contribution in [0.15, 0.2) is 36.5 Å². The number of hydrogen-bond acceptors (Lipinski definition) is 5. The molecule has 0 rings (SSSR count). The topological polar surface area (TPSA) is 95.9 Å². The molecule has 0 aromatic heterocycles. The first-order chi connectivity index (χ1) is 37.0. The highest BCUT2D eigenvalue weighted by Crippen LogP contribution is 2.18. The summed E-state index contributed by atoms with van der Waals surface area (Å²) in [7, 11) is 0. The summed E-state index contributed by atoms with van der Waals surface area (Å²) in [5.41, 5.74) is 0. The van der Waals surface area contributed by atoms with Crippen LogP contribution in [-0.2, 0) is 14.3 Å². The molecule has 0 aliphatic heterocycles. The fraction of sp³-hybridized carbons (Fsp3) is 0.884. The average Bonchev–Trinajstić information content (AvgIpc) is 3.41. The van der Waals surface area contributed by atoms with E-state index in [4.69, 9.17) is 4.74 Å². The molecule has 0 bridgehead atoms. The van der Waals surface area contributed by atoms with Crippen LogP contribution in [0.2, 0.25) is 0 Å². The van der Waals surface area contributed by atoms with Crippen molar-refractivity contribution in [3.05, 3.63) is 36.5 Å². The van der Waals surface area contributed by atoms with Crippen molar-refractivity contribution < 1.29 is 24.5 Å². The quantitative estimate of drug-likeness (QED) is 0.0320. The van der Waals surface area contributed by atoms with Crippen molar-refractivity contribution in [2.45, 2.75) is 379 Å². The number of amides is 1. The van der Waals surface area contributed by atoms with E-state index < -0.39 is 12.1 Å². The monoisotopic (exact) mass is 1050 g/mol. The maximum absolute atomic E-state index is 12.5. The van der Waals surface area contributed by atoms with Crippen LogP contribution in [0.5, 0.6) is 0 Å². The Hall–Kier alpha value is -1.92. The summed E-state index contributed by atoms with van der Waals surface area (Å²) in [5.74, 6) is -0.0664. The smallest absolute Gasteiger partial charge is 0.305 e. The third-order valence-corrected chi connectivity index (χ3v) is 15.6. The second kappa shape index (κ2) is 64.6. The second-order valence-corrected chi connectivity index (χ2v) is 23.1. The van der Waals surface area contributed by atoms with Gasteiger partial charge in [0.1, 0.15) is 0 Å². The molecular weight excluding hydrogens is 923 g/mol. The summed E-state index contributed by atoms with van der Waals surface area (Å²) in [6, 6.07) is -0.632. The van der Waals surface area contributed by atoms with E-state index in [0.717, 1.165) is 44.9 Å². The van der Waals surface area contributed by atoms with Gasteiger partial charge in [-0.15, -0.1) is 0 Å². The standard InChI is InChI=1S/C69H131NO5/c1-3-5-7-9-11-13-15-17-18-19-20-25-28-31-34-38-41-45-49-53-57-61-67(72)66(65-71)70-68(73)62-58-54-50-46-42-39-35-32-29-26-23-21-22-24-27-30-33-36-40-44-48-52-56-60-64-75-69(74)63-59-55-51-47-43-37-16-14-12-10-8-6-4-2/h14,16,23,26,57,61,66-67,71-72H,3-13,15,17-22,24-25,27-56,58-60,62-65H2,1-2H3,(H,70,73)/b16-14-,26-23-,61-57+. The Morgan fingerprint density at radius 1 is 0.360 bits per heavy atom. The minimum atomic E-state index is -0.849. The van der Waals surface area contributed by atoms with E-state index in [1.54, 1.807) is 6.08 Å². The van der Waals surface area contributed by atoms with Gasteiger partial charge in [-0.1, -0.05) is 307 Å². The Bertz CT molecular complexity index is 1210. The van der Waals surface area contributed by atoms with Crippen molar-refractivity contribution in [3.63, 3.8) is 0 Å². The first kappa shape index (κ1) is 73.1. The Labute approximate surface area is 468 Å². The number of aliphatic hydroxyl groups excluding tert-OH is 2. The van der Waals surface area contributed by atoms with Gasteiger partial charge in [0, 0.05) is 12.8 Å². The lowest BCUT2D eigenvalue weighted by Crippen LogP contribution is -2.45. The maximum Gasteiger partial charge on any atom is 0.305 e. The molecule has 0 aliphatic rings. The summed E-state index contributed by atoms with van der Waals surface area (Å²) in [6.45, 7) is 4.91. The number of ether oxygens (including phenoxy) is 1. The number of carbonyl (C=O) groups excluding carboxylic acids is 2. The highest BCUT2D eigenvalue weighted by Gasteiger charge is 2.18. The number of rotatable bonds is 63. The van der Waals surface area contributed by atoms with Crippen molar-refractivity contribution >= 4 is 11.9 Å². The van der Waals surface area contributed by atoms with Gasteiger partial charge in [-0.2, -0.15) is 0 Å². The van der Waals surface area contributed by atoms with Crippen molar-refractivity contribution in [2.75, 3.05) is 13.2 Å². The van der Waals surface area contributed by atoms with Gasteiger partial charge < -0.3 is 20.3 Å². The SMILES string of the molecule is CCCCCC/C=C\CCCCCCCC(=O)OCCCCCCCCCCCCCC/C=C\CCCCCCCCCCC(=O)NC(CO)C(O)/C=C/CCCCCCCCCCCCCCCCCCCCC. The first-order valence-corrected chi connectivity index (χ1v) is 33.8. The van der Waals surface area contributed by atoms with E-state index >= 15 is 0 Å². The van der Waals surface area contributed by atoms with Gasteiger partial charge in [0.25, 0.3) is 0 Å². The molecule has 6 heteroatoms. The number of unbranched alkanes of at least 4 members (excludes halogenated alkanes) is 48. The summed E-state index contributed by atoms with van der Waals surface area (Å²) < 4.78 is 5.47. The number of allylic oxidation sites excluding steroid dienone is 5. The van der Waals surface area contributed by atoms with Crippen molar-refractivity contribution in [3.8, 4) is 0 Å².